The quantitative estimate of drug-likeness (QED) is 0.213. The summed E-state index contributed by atoms with van der Waals surface area (Å²) in [5, 5.41) is 2.36. The maximum absolute atomic E-state index is 7.02. The molecule has 0 bridgehead atoms. The van der Waals surface area contributed by atoms with Gasteiger partial charge in [-0.1, -0.05) is 121 Å². The lowest BCUT2D eigenvalue weighted by Crippen LogP contribution is -2.37. The van der Waals surface area contributed by atoms with Gasteiger partial charge in [0.1, 0.15) is 17.2 Å². The number of fused-ring (bicyclic) bond motifs is 9. The van der Waals surface area contributed by atoms with E-state index < -0.39 is 5.41 Å². The molecule has 0 fully saturated rings. The van der Waals surface area contributed by atoms with Crippen molar-refractivity contribution in [1.82, 2.24) is 0 Å². The molecule has 0 unspecified atom stereocenters. The van der Waals surface area contributed by atoms with E-state index in [1.165, 1.54) is 10.8 Å². The minimum absolute atomic E-state index is 0.646. The largest absolute Gasteiger partial charge is 0.457 e. The number of ether oxygens (including phenoxy) is 2. The SMILES string of the molecule is c1ccc(N(c2cccc3c2Oc2ccccc2C32c3ccccc3Oc3ccccc32)c2cccc3ccccc23)cc1. The molecule has 2 heterocycles. The van der Waals surface area contributed by atoms with Crippen LogP contribution in [0.5, 0.6) is 23.0 Å². The number of nitrogens with zero attached hydrogens (tertiary/aromatic N) is 1. The highest BCUT2D eigenvalue weighted by Gasteiger charge is 2.51. The lowest BCUT2D eigenvalue weighted by atomic mass is 9.62. The first-order valence-corrected chi connectivity index (χ1v) is 14.9. The Bertz CT molecular complexity index is 2130. The first-order chi connectivity index (χ1) is 21.8. The predicted octanol–water partition coefficient (Wildman–Crippen LogP) is 10.9. The van der Waals surface area contributed by atoms with E-state index >= 15 is 0 Å². The number of hydrogen-bond donors (Lipinski definition) is 0. The maximum Gasteiger partial charge on any atom is 0.156 e. The summed E-state index contributed by atoms with van der Waals surface area (Å²) >= 11 is 0. The smallest absolute Gasteiger partial charge is 0.156 e. The fourth-order valence-electron chi connectivity index (χ4n) is 7.19. The van der Waals surface area contributed by atoms with Gasteiger partial charge >= 0.3 is 0 Å². The number of benzene rings is 7. The molecule has 0 saturated heterocycles. The van der Waals surface area contributed by atoms with Gasteiger partial charge in [0.05, 0.1) is 16.8 Å². The van der Waals surface area contributed by atoms with Gasteiger partial charge < -0.3 is 14.4 Å². The summed E-state index contributed by atoms with van der Waals surface area (Å²) in [6.07, 6.45) is 0. The van der Waals surface area contributed by atoms with Crippen LogP contribution in [0.15, 0.2) is 164 Å². The van der Waals surface area contributed by atoms with Gasteiger partial charge in [-0.3, -0.25) is 0 Å². The summed E-state index contributed by atoms with van der Waals surface area (Å²) in [5.41, 5.74) is 6.86. The van der Waals surface area contributed by atoms with Crippen LogP contribution < -0.4 is 14.4 Å². The van der Waals surface area contributed by atoms with Crippen molar-refractivity contribution in [3.05, 3.63) is 186 Å². The summed E-state index contributed by atoms with van der Waals surface area (Å²) in [4.78, 5) is 2.33. The Hall–Kier alpha value is -5.80. The van der Waals surface area contributed by atoms with Gasteiger partial charge in [-0.25, -0.2) is 0 Å². The van der Waals surface area contributed by atoms with Gasteiger partial charge in [0.2, 0.25) is 0 Å². The van der Waals surface area contributed by atoms with Crippen LogP contribution in [-0.4, -0.2) is 0 Å². The van der Waals surface area contributed by atoms with Crippen LogP contribution in [0.4, 0.5) is 17.1 Å². The van der Waals surface area contributed by atoms with Crippen LogP contribution in [0.2, 0.25) is 0 Å². The lowest BCUT2D eigenvalue weighted by molar-refractivity contribution is 0.400. The van der Waals surface area contributed by atoms with Crippen molar-refractivity contribution >= 4 is 27.8 Å². The van der Waals surface area contributed by atoms with E-state index in [-0.39, 0.29) is 0 Å². The lowest BCUT2D eigenvalue weighted by Gasteiger charge is -2.45. The number of para-hydroxylation sites is 5. The molecule has 9 rings (SSSR count). The van der Waals surface area contributed by atoms with Gasteiger partial charge in [-0.05, 0) is 47.9 Å². The molecule has 2 aliphatic heterocycles. The molecule has 2 aliphatic rings. The highest BCUT2D eigenvalue weighted by Crippen LogP contribution is 2.63. The van der Waals surface area contributed by atoms with Crippen LogP contribution in [-0.2, 0) is 5.41 Å². The minimum atomic E-state index is -0.646. The van der Waals surface area contributed by atoms with E-state index in [1.54, 1.807) is 0 Å². The van der Waals surface area contributed by atoms with E-state index in [1.807, 2.05) is 12.1 Å². The molecule has 0 aliphatic carbocycles. The predicted molar refractivity (Wildman–Crippen MR) is 177 cm³/mol. The van der Waals surface area contributed by atoms with E-state index in [4.69, 9.17) is 9.47 Å². The molecule has 44 heavy (non-hydrogen) atoms. The van der Waals surface area contributed by atoms with Crippen LogP contribution >= 0.6 is 0 Å². The molecule has 0 aromatic heterocycles. The van der Waals surface area contributed by atoms with E-state index in [0.29, 0.717) is 0 Å². The second kappa shape index (κ2) is 9.62. The number of rotatable bonds is 3. The summed E-state index contributed by atoms with van der Waals surface area (Å²) in [5.74, 6) is 3.38. The molecular formula is C41H27NO2. The molecule has 0 amide bonds. The molecule has 0 radical (unpaired) electrons. The van der Waals surface area contributed by atoms with Gasteiger partial charge in [0, 0.05) is 33.3 Å². The fourth-order valence-corrected chi connectivity index (χ4v) is 7.19. The average Bonchev–Trinajstić information content (AvgIpc) is 3.09. The van der Waals surface area contributed by atoms with Crippen molar-refractivity contribution in [1.29, 1.82) is 0 Å². The van der Waals surface area contributed by atoms with Crippen molar-refractivity contribution in [2.45, 2.75) is 5.41 Å². The first-order valence-electron chi connectivity index (χ1n) is 14.9. The van der Waals surface area contributed by atoms with Gasteiger partial charge in [-0.2, -0.15) is 0 Å². The summed E-state index contributed by atoms with van der Waals surface area (Å²) in [7, 11) is 0. The molecular weight excluding hydrogens is 538 g/mol. The number of hydrogen-bond acceptors (Lipinski definition) is 3. The van der Waals surface area contributed by atoms with Crippen molar-refractivity contribution in [2.24, 2.45) is 0 Å². The Morgan fingerprint density at radius 1 is 0.386 bits per heavy atom. The molecule has 208 valence electrons. The molecule has 1 spiro atoms. The topological polar surface area (TPSA) is 21.7 Å². The molecule has 7 aromatic carbocycles. The highest BCUT2D eigenvalue weighted by molar-refractivity contribution is 6.00. The third-order valence-electron chi connectivity index (χ3n) is 8.97. The van der Waals surface area contributed by atoms with Crippen LogP contribution in [0, 0.1) is 0 Å². The number of anilines is 3. The maximum atomic E-state index is 7.02. The molecule has 0 atom stereocenters. The molecule has 7 aromatic rings. The van der Waals surface area contributed by atoms with Gasteiger partial charge in [-0.15, -0.1) is 0 Å². The van der Waals surface area contributed by atoms with Crippen LogP contribution in [0.3, 0.4) is 0 Å². The highest BCUT2D eigenvalue weighted by atomic mass is 16.5. The Morgan fingerprint density at radius 2 is 0.886 bits per heavy atom. The summed E-state index contributed by atoms with van der Waals surface area (Å²) in [6.45, 7) is 0. The van der Waals surface area contributed by atoms with Crippen molar-refractivity contribution in [3.8, 4) is 23.0 Å². The zero-order chi connectivity index (χ0) is 29.1. The average molecular weight is 566 g/mol. The third kappa shape index (κ3) is 3.44. The van der Waals surface area contributed by atoms with E-state index in [0.717, 1.165) is 62.3 Å². The molecule has 3 nitrogen and oxygen atoms in total. The summed E-state index contributed by atoms with van der Waals surface area (Å²) in [6, 6.07) is 57.4. The van der Waals surface area contributed by atoms with Gasteiger partial charge in [0.25, 0.3) is 0 Å². The zero-order valence-electron chi connectivity index (χ0n) is 23.9. The zero-order valence-corrected chi connectivity index (χ0v) is 23.9. The summed E-state index contributed by atoms with van der Waals surface area (Å²) < 4.78 is 13.6. The monoisotopic (exact) mass is 565 g/mol. The van der Waals surface area contributed by atoms with Crippen LogP contribution in [0.25, 0.3) is 10.8 Å². The van der Waals surface area contributed by atoms with Crippen LogP contribution in [0.1, 0.15) is 22.3 Å². The first kappa shape index (κ1) is 24.8. The standard InChI is InChI=1S/C41H27NO2/c1-2-16-29(17-3-1)42(35-23-12-15-28-14-4-5-18-30(28)35)36-24-13-22-34-40(36)44-39-27-11-8-21-33(39)41(34)31-19-6-9-25-37(31)43-38-26-10-7-20-32(38)41/h1-27H. The normalized spacial score (nSPS) is 13.5. The van der Waals surface area contributed by atoms with Crippen molar-refractivity contribution < 1.29 is 9.47 Å². The molecule has 3 heteroatoms. The third-order valence-corrected chi connectivity index (χ3v) is 8.97. The molecule has 0 saturated carbocycles. The van der Waals surface area contributed by atoms with Gasteiger partial charge in [0.15, 0.2) is 5.75 Å². The minimum Gasteiger partial charge on any atom is -0.457 e. The Balaban J connectivity index is 1.41. The second-order valence-electron chi connectivity index (χ2n) is 11.3. The Labute approximate surface area is 256 Å². The molecule has 0 N–H and O–H groups in total. The fraction of sp³-hybridized carbons (Fsp3) is 0.0244. The van der Waals surface area contributed by atoms with Crippen molar-refractivity contribution in [2.75, 3.05) is 4.90 Å². The second-order valence-corrected chi connectivity index (χ2v) is 11.3. The van der Waals surface area contributed by atoms with Crippen molar-refractivity contribution in [3.63, 3.8) is 0 Å². The Morgan fingerprint density at radius 3 is 1.59 bits per heavy atom. The van der Waals surface area contributed by atoms with E-state index in [2.05, 4.69) is 157 Å². The van der Waals surface area contributed by atoms with E-state index in [9.17, 15) is 0 Å². The Kier molecular flexibility index (Phi) is 5.41.